The number of hydrogen-bond donors (Lipinski definition) is 1. The largest absolute Gasteiger partial charge is 0.251 e. The molecular formula is C18H28O2. The zero-order chi connectivity index (χ0) is 14.4. The molecule has 0 saturated carbocycles. The van der Waals surface area contributed by atoms with Crippen LogP contribution in [0.15, 0.2) is 35.5 Å². The first-order valence-electron chi connectivity index (χ1n) is 8.13. The van der Waals surface area contributed by atoms with Gasteiger partial charge in [0.25, 0.3) is 0 Å². The Morgan fingerprint density at radius 1 is 1.05 bits per heavy atom. The first-order valence-corrected chi connectivity index (χ1v) is 8.13. The normalized spacial score (nSPS) is 31.2. The lowest BCUT2D eigenvalue weighted by Crippen LogP contribution is -2.21. The molecule has 0 aromatic heterocycles. The molecule has 3 atom stereocenters. The van der Waals surface area contributed by atoms with Crippen LogP contribution in [0.3, 0.4) is 0 Å². The smallest absolute Gasteiger partial charge is 0.111 e. The van der Waals surface area contributed by atoms with Crippen LogP contribution in [0.25, 0.3) is 0 Å². The van der Waals surface area contributed by atoms with Crippen LogP contribution < -0.4 is 0 Å². The average Bonchev–Trinajstić information content (AvgIpc) is 2.53. The number of rotatable bonds is 5. The summed E-state index contributed by atoms with van der Waals surface area (Å²) in [5, 5.41) is 8.93. The Kier molecular flexibility index (Phi) is 6.06. The summed E-state index contributed by atoms with van der Waals surface area (Å²) in [6, 6.07) is 0. The van der Waals surface area contributed by atoms with Crippen molar-refractivity contribution in [3.05, 3.63) is 35.5 Å². The Morgan fingerprint density at radius 3 is 2.35 bits per heavy atom. The molecule has 0 saturated heterocycles. The van der Waals surface area contributed by atoms with Crippen molar-refractivity contribution in [1.29, 1.82) is 0 Å². The lowest BCUT2D eigenvalue weighted by atomic mass is 9.76. The van der Waals surface area contributed by atoms with Crippen molar-refractivity contribution in [2.24, 2.45) is 11.8 Å². The van der Waals surface area contributed by atoms with Gasteiger partial charge in [-0.1, -0.05) is 49.3 Å². The molecule has 2 aliphatic carbocycles. The lowest BCUT2D eigenvalue weighted by Gasteiger charge is -2.31. The predicted octanol–water partition coefficient (Wildman–Crippen LogP) is 5.28. The van der Waals surface area contributed by atoms with Crippen LogP contribution >= 0.6 is 0 Å². The second-order valence-corrected chi connectivity index (χ2v) is 5.98. The minimum absolute atomic E-state index is 0.125. The van der Waals surface area contributed by atoms with Gasteiger partial charge in [0.05, 0.1) is 0 Å². The second kappa shape index (κ2) is 7.80. The molecule has 0 heterocycles. The van der Waals surface area contributed by atoms with Crippen molar-refractivity contribution in [3.8, 4) is 0 Å². The van der Waals surface area contributed by atoms with Crippen molar-refractivity contribution in [2.75, 3.05) is 0 Å². The van der Waals surface area contributed by atoms with Crippen LogP contribution in [0.5, 0.6) is 0 Å². The molecule has 2 nitrogen and oxygen atoms in total. The van der Waals surface area contributed by atoms with Gasteiger partial charge >= 0.3 is 0 Å². The first-order chi connectivity index (χ1) is 9.80. The van der Waals surface area contributed by atoms with E-state index in [1.807, 2.05) is 6.08 Å². The average molecular weight is 276 g/mol. The minimum atomic E-state index is -0.125. The summed E-state index contributed by atoms with van der Waals surface area (Å²) in [5.41, 5.74) is 3.30. The summed E-state index contributed by atoms with van der Waals surface area (Å²) in [4.78, 5) is 4.55. The summed E-state index contributed by atoms with van der Waals surface area (Å²) in [5.74, 6) is 1.28. The Labute approximate surface area is 123 Å². The summed E-state index contributed by atoms with van der Waals surface area (Å²) in [6.07, 6.45) is 16.7. The SMILES string of the molecule is CC/C(=C(/CC)C1CC=CC(OO)C1)C1CC=CCC1. The Bertz CT molecular complexity index is 392. The highest BCUT2D eigenvalue weighted by Crippen LogP contribution is 2.37. The highest BCUT2D eigenvalue weighted by atomic mass is 17.1. The van der Waals surface area contributed by atoms with E-state index in [2.05, 4.69) is 37.0 Å². The van der Waals surface area contributed by atoms with E-state index >= 15 is 0 Å². The van der Waals surface area contributed by atoms with Gasteiger partial charge in [-0.3, -0.25) is 5.26 Å². The van der Waals surface area contributed by atoms with E-state index in [-0.39, 0.29) is 6.10 Å². The van der Waals surface area contributed by atoms with Gasteiger partial charge < -0.3 is 0 Å². The summed E-state index contributed by atoms with van der Waals surface area (Å²) in [6.45, 7) is 4.57. The standard InChI is InChI=1S/C18H28O2/c1-3-17(14-9-6-5-7-10-14)18(4-2)15-11-8-12-16(13-15)20-19/h5-6,8,12,14-16,19H,3-4,7,9-11,13H2,1-2H3/b18-17+. The fraction of sp³-hybridized carbons (Fsp3) is 0.667. The van der Waals surface area contributed by atoms with E-state index in [0.717, 1.165) is 31.6 Å². The van der Waals surface area contributed by atoms with E-state index in [4.69, 9.17) is 5.26 Å². The van der Waals surface area contributed by atoms with Gasteiger partial charge in [-0.05, 0) is 56.8 Å². The predicted molar refractivity (Wildman–Crippen MR) is 83.5 cm³/mol. The van der Waals surface area contributed by atoms with E-state index < -0.39 is 0 Å². The van der Waals surface area contributed by atoms with Crippen LogP contribution in [0.1, 0.15) is 58.8 Å². The van der Waals surface area contributed by atoms with Crippen LogP contribution in [0, 0.1) is 11.8 Å². The molecule has 2 heteroatoms. The molecule has 0 aromatic carbocycles. The third-order valence-corrected chi connectivity index (χ3v) is 4.85. The third-order valence-electron chi connectivity index (χ3n) is 4.85. The van der Waals surface area contributed by atoms with Crippen LogP contribution in [0.4, 0.5) is 0 Å². The zero-order valence-corrected chi connectivity index (χ0v) is 12.8. The van der Waals surface area contributed by atoms with Crippen molar-refractivity contribution < 1.29 is 10.1 Å². The van der Waals surface area contributed by atoms with Crippen molar-refractivity contribution >= 4 is 0 Å². The zero-order valence-electron chi connectivity index (χ0n) is 12.8. The van der Waals surface area contributed by atoms with E-state index in [9.17, 15) is 0 Å². The second-order valence-electron chi connectivity index (χ2n) is 5.98. The molecule has 2 aliphatic rings. The molecule has 3 unspecified atom stereocenters. The molecule has 0 spiro atoms. The van der Waals surface area contributed by atoms with Crippen molar-refractivity contribution in [3.63, 3.8) is 0 Å². The lowest BCUT2D eigenvalue weighted by molar-refractivity contribution is -0.269. The van der Waals surface area contributed by atoms with Crippen LogP contribution in [-0.2, 0) is 4.89 Å². The minimum Gasteiger partial charge on any atom is -0.251 e. The maximum Gasteiger partial charge on any atom is 0.111 e. The molecule has 2 rings (SSSR count). The van der Waals surface area contributed by atoms with Gasteiger partial charge in [-0.15, -0.1) is 0 Å². The van der Waals surface area contributed by atoms with Crippen molar-refractivity contribution in [2.45, 2.75) is 64.9 Å². The molecule has 0 radical (unpaired) electrons. The summed E-state index contributed by atoms with van der Waals surface area (Å²) in [7, 11) is 0. The van der Waals surface area contributed by atoms with Gasteiger partial charge in [-0.25, -0.2) is 4.89 Å². The van der Waals surface area contributed by atoms with Gasteiger partial charge in [-0.2, -0.15) is 0 Å². The van der Waals surface area contributed by atoms with Crippen LogP contribution in [0.2, 0.25) is 0 Å². The Balaban J connectivity index is 2.20. The number of hydrogen-bond acceptors (Lipinski definition) is 2. The summed E-state index contributed by atoms with van der Waals surface area (Å²) >= 11 is 0. The van der Waals surface area contributed by atoms with Gasteiger partial charge in [0, 0.05) is 0 Å². The molecule has 0 fully saturated rings. The fourth-order valence-corrected chi connectivity index (χ4v) is 3.88. The third kappa shape index (κ3) is 3.62. The van der Waals surface area contributed by atoms with E-state index in [1.165, 1.54) is 19.3 Å². The molecule has 1 N–H and O–H groups in total. The fourth-order valence-electron chi connectivity index (χ4n) is 3.88. The molecule has 0 aliphatic heterocycles. The van der Waals surface area contributed by atoms with Gasteiger partial charge in [0.15, 0.2) is 0 Å². The monoisotopic (exact) mass is 276 g/mol. The molecule has 0 amide bonds. The van der Waals surface area contributed by atoms with E-state index in [1.54, 1.807) is 11.1 Å². The molecule has 0 aromatic rings. The van der Waals surface area contributed by atoms with Crippen LogP contribution in [-0.4, -0.2) is 11.4 Å². The molecule has 112 valence electrons. The maximum atomic E-state index is 8.93. The van der Waals surface area contributed by atoms with Crippen molar-refractivity contribution in [1.82, 2.24) is 0 Å². The number of allylic oxidation sites excluding steroid dienone is 5. The first kappa shape index (κ1) is 15.5. The van der Waals surface area contributed by atoms with E-state index in [0.29, 0.717) is 5.92 Å². The molecule has 0 bridgehead atoms. The maximum absolute atomic E-state index is 8.93. The highest BCUT2D eigenvalue weighted by molar-refractivity contribution is 5.23. The van der Waals surface area contributed by atoms with Gasteiger partial charge in [0.1, 0.15) is 6.10 Å². The quantitative estimate of drug-likeness (QED) is 0.420. The molecule has 20 heavy (non-hydrogen) atoms. The highest BCUT2D eigenvalue weighted by Gasteiger charge is 2.25. The molecular weight excluding hydrogens is 248 g/mol. The Hall–Kier alpha value is -0.860. The topological polar surface area (TPSA) is 29.5 Å². The Morgan fingerprint density at radius 2 is 1.75 bits per heavy atom. The summed E-state index contributed by atoms with van der Waals surface area (Å²) < 4.78 is 0. The van der Waals surface area contributed by atoms with Gasteiger partial charge in [0.2, 0.25) is 0 Å².